The molecule has 0 radical (unpaired) electrons. The Morgan fingerprint density at radius 1 is 1.42 bits per heavy atom. The van der Waals surface area contributed by atoms with Crippen LogP contribution in [0.5, 0.6) is 5.75 Å². The van der Waals surface area contributed by atoms with Gasteiger partial charge in [0.15, 0.2) is 0 Å². The summed E-state index contributed by atoms with van der Waals surface area (Å²) in [6, 6.07) is 5.72. The molecule has 7 heteroatoms. The normalized spacial score (nSPS) is 24.5. The van der Waals surface area contributed by atoms with Crippen LogP contribution in [0.1, 0.15) is 32.3 Å². The SMILES string of the molecule is COc1cccc([C@]2(C)NC(=O)N([C@H](C)C(=O)NC3CC3)C2=O)c1. The van der Waals surface area contributed by atoms with Gasteiger partial charge in [-0.05, 0) is 44.4 Å². The van der Waals surface area contributed by atoms with Gasteiger partial charge < -0.3 is 15.4 Å². The maximum Gasteiger partial charge on any atom is 0.326 e. The lowest BCUT2D eigenvalue weighted by Crippen LogP contribution is -2.49. The van der Waals surface area contributed by atoms with Crippen molar-refractivity contribution in [3.63, 3.8) is 0 Å². The average Bonchev–Trinajstić information content (AvgIpc) is 3.34. The fourth-order valence-corrected chi connectivity index (χ4v) is 2.81. The Labute approximate surface area is 140 Å². The molecule has 1 aliphatic carbocycles. The average molecular weight is 331 g/mol. The van der Waals surface area contributed by atoms with E-state index in [-0.39, 0.29) is 11.9 Å². The van der Waals surface area contributed by atoms with Crippen LogP contribution in [-0.2, 0) is 15.1 Å². The second-order valence-corrected chi connectivity index (χ2v) is 6.42. The summed E-state index contributed by atoms with van der Waals surface area (Å²) in [5, 5.41) is 5.53. The van der Waals surface area contributed by atoms with Gasteiger partial charge in [0.2, 0.25) is 5.91 Å². The Bertz CT molecular complexity index is 701. The molecule has 0 spiro atoms. The molecule has 0 unspecified atom stereocenters. The quantitative estimate of drug-likeness (QED) is 0.792. The third-order valence-electron chi connectivity index (χ3n) is 4.56. The van der Waals surface area contributed by atoms with Crippen molar-refractivity contribution in [2.24, 2.45) is 0 Å². The Morgan fingerprint density at radius 2 is 2.12 bits per heavy atom. The summed E-state index contributed by atoms with van der Waals surface area (Å²) < 4.78 is 5.18. The minimum atomic E-state index is -1.22. The molecular formula is C17H21N3O4. The van der Waals surface area contributed by atoms with Crippen molar-refractivity contribution < 1.29 is 19.1 Å². The van der Waals surface area contributed by atoms with Gasteiger partial charge >= 0.3 is 6.03 Å². The first kappa shape index (κ1) is 16.3. The van der Waals surface area contributed by atoms with E-state index in [0.29, 0.717) is 11.3 Å². The lowest BCUT2D eigenvalue weighted by atomic mass is 9.91. The van der Waals surface area contributed by atoms with E-state index >= 15 is 0 Å². The number of nitrogens with one attached hydrogen (secondary N) is 2. The van der Waals surface area contributed by atoms with Crippen LogP contribution in [-0.4, -0.2) is 41.9 Å². The molecule has 2 aliphatic rings. The van der Waals surface area contributed by atoms with Gasteiger partial charge in [-0.15, -0.1) is 0 Å². The number of nitrogens with zero attached hydrogens (tertiary/aromatic N) is 1. The lowest BCUT2D eigenvalue weighted by Gasteiger charge is -2.24. The number of ether oxygens (including phenoxy) is 1. The Morgan fingerprint density at radius 3 is 2.75 bits per heavy atom. The molecule has 128 valence electrons. The summed E-state index contributed by atoms with van der Waals surface area (Å²) in [4.78, 5) is 38.5. The molecule has 1 aliphatic heterocycles. The Kier molecular flexibility index (Phi) is 3.95. The molecule has 7 nitrogen and oxygen atoms in total. The highest BCUT2D eigenvalue weighted by atomic mass is 16.5. The van der Waals surface area contributed by atoms with Crippen molar-refractivity contribution in [2.45, 2.75) is 44.3 Å². The van der Waals surface area contributed by atoms with Crippen molar-refractivity contribution in [1.29, 1.82) is 0 Å². The second-order valence-electron chi connectivity index (χ2n) is 6.42. The highest BCUT2D eigenvalue weighted by Gasteiger charge is 2.52. The van der Waals surface area contributed by atoms with Gasteiger partial charge in [0.05, 0.1) is 7.11 Å². The van der Waals surface area contributed by atoms with Crippen molar-refractivity contribution in [1.82, 2.24) is 15.5 Å². The van der Waals surface area contributed by atoms with Crippen LogP contribution in [0.4, 0.5) is 4.79 Å². The Hall–Kier alpha value is -2.57. The van der Waals surface area contributed by atoms with E-state index in [1.54, 1.807) is 38.1 Å². The maximum absolute atomic E-state index is 12.9. The van der Waals surface area contributed by atoms with Gasteiger partial charge in [-0.2, -0.15) is 0 Å². The van der Waals surface area contributed by atoms with Crippen molar-refractivity contribution in [3.8, 4) is 5.75 Å². The van der Waals surface area contributed by atoms with Crippen LogP contribution in [0, 0.1) is 0 Å². The first-order chi connectivity index (χ1) is 11.4. The first-order valence-corrected chi connectivity index (χ1v) is 7.97. The van der Waals surface area contributed by atoms with Crippen molar-refractivity contribution >= 4 is 17.8 Å². The summed E-state index contributed by atoms with van der Waals surface area (Å²) in [5.41, 5.74) is -0.614. The summed E-state index contributed by atoms with van der Waals surface area (Å²) in [6.07, 6.45) is 1.89. The minimum absolute atomic E-state index is 0.172. The molecule has 2 N–H and O–H groups in total. The summed E-state index contributed by atoms with van der Waals surface area (Å²) in [7, 11) is 1.53. The summed E-state index contributed by atoms with van der Waals surface area (Å²) >= 11 is 0. The van der Waals surface area contributed by atoms with E-state index in [9.17, 15) is 14.4 Å². The molecule has 1 aromatic rings. The number of imide groups is 1. The van der Waals surface area contributed by atoms with E-state index in [1.165, 1.54) is 7.11 Å². The number of amides is 4. The maximum atomic E-state index is 12.9. The molecule has 0 aromatic heterocycles. The molecule has 2 atom stereocenters. The number of carbonyl (C=O) groups excluding carboxylic acids is 3. The fraction of sp³-hybridized carbons (Fsp3) is 0.471. The molecular weight excluding hydrogens is 310 g/mol. The molecule has 1 heterocycles. The highest BCUT2D eigenvalue weighted by Crippen LogP contribution is 2.32. The van der Waals surface area contributed by atoms with Crippen LogP contribution < -0.4 is 15.4 Å². The van der Waals surface area contributed by atoms with Crippen LogP contribution in [0.3, 0.4) is 0 Å². The van der Waals surface area contributed by atoms with Gasteiger partial charge in [-0.3, -0.25) is 9.59 Å². The number of urea groups is 1. The van der Waals surface area contributed by atoms with Gasteiger partial charge in [0, 0.05) is 6.04 Å². The topological polar surface area (TPSA) is 87.7 Å². The second kappa shape index (κ2) is 5.81. The number of carbonyl (C=O) groups is 3. The predicted molar refractivity (Wildman–Crippen MR) is 86.4 cm³/mol. The monoisotopic (exact) mass is 331 g/mol. The van der Waals surface area contributed by atoms with Crippen LogP contribution >= 0.6 is 0 Å². The molecule has 1 aromatic carbocycles. The fourth-order valence-electron chi connectivity index (χ4n) is 2.81. The van der Waals surface area contributed by atoms with Crippen LogP contribution in [0.2, 0.25) is 0 Å². The zero-order valence-electron chi connectivity index (χ0n) is 14.0. The van der Waals surface area contributed by atoms with Gasteiger partial charge in [-0.25, -0.2) is 9.69 Å². The van der Waals surface area contributed by atoms with E-state index in [2.05, 4.69) is 10.6 Å². The number of hydrogen-bond acceptors (Lipinski definition) is 4. The molecule has 1 saturated carbocycles. The first-order valence-electron chi connectivity index (χ1n) is 7.97. The standard InChI is InChI=1S/C17H21N3O4/c1-10(14(21)18-12-7-8-12)20-15(22)17(2,19-16(20)23)11-5-4-6-13(9-11)24-3/h4-6,9-10,12H,7-8H2,1-3H3,(H,18,21)(H,19,23)/t10-,17+/m1/s1. The number of rotatable bonds is 5. The smallest absolute Gasteiger partial charge is 0.326 e. The number of benzene rings is 1. The van der Waals surface area contributed by atoms with Crippen LogP contribution in [0.15, 0.2) is 24.3 Å². The minimum Gasteiger partial charge on any atom is -0.497 e. The summed E-state index contributed by atoms with van der Waals surface area (Å²) in [5.74, 6) is -0.163. The van der Waals surface area contributed by atoms with E-state index in [0.717, 1.165) is 17.7 Å². The lowest BCUT2D eigenvalue weighted by molar-refractivity contribution is -0.137. The van der Waals surface area contributed by atoms with E-state index in [4.69, 9.17) is 4.74 Å². The molecule has 3 rings (SSSR count). The molecule has 24 heavy (non-hydrogen) atoms. The molecule has 1 saturated heterocycles. The number of hydrogen-bond donors (Lipinski definition) is 2. The Balaban J connectivity index is 1.85. The van der Waals surface area contributed by atoms with Gasteiger partial charge in [0.1, 0.15) is 17.3 Å². The largest absolute Gasteiger partial charge is 0.497 e. The van der Waals surface area contributed by atoms with Crippen molar-refractivity contribution in [2.75, 3.05) is 7.11 Å². The third-order valence-corrected chi connectivity index (χ3v) is 4.56. The van der Waals surface area contributed by atoms with Gasteiger partial charge in [-0.1, -0.05) is 12.1 Å². The highest BCUT2D eigenvalue weighted by molar-refractivity contribution is 6.10. The third kappa shape index (κ3) is 2.70. The zero-order chi connectivity index (χ0) is 17.5. The molecule has 0 bridgehead atoms. The zero-order valence-corrected chi connectivity index (χ0v) is 14.0. The van der Waals surface area contributed by atoms with Crippen LogP contribution in [0.25, 0.3) is 0 Å². The summed E-state index contributed by atoms with van der Waals surface area (Å²) in [6.45, 7) is 3.19. The van der Waals surface area contributed by atoms with E-state index in [1.807, 2.05) is 0 Å². The molecule has 4 amide bonds. The molecule has 2 fully saturated rings. The predicted octanol–water partition coefficient (Wildman–Crippen LogP) is 1.13. The van der Waals surface area contributed by atoms with Gasteiger partial charge in [0.25, 0.3) is 5.91 Å². The van der Waals surface area contributed by atoms with E-state index < -0.39 is 23.5 Å². The number of methoxy groups -OCH3 is 1. The van der Waals surface area contributed by atoms with Crippen molar-refractivity contribution in [3.05, 3.63) is 29.8 Å².